The van der Waals surface area contributed by atoms with Gasteiger partial charge in [0, 0.05) is 28.8 Å². The molecule has 2 nitrogen and oxygen atoms in total. The largest absolute Gasteiger partial charge is 0.256 e. The van der Waals surface area contributed by atoms with Crippen molar-refractivity contribution in [1.29, 1.82) is 0 Å². The zero-order valence-corrected chi connectivity index (χ0v) is 15.3. The highest BCUT2D eigenvalue weighted by molar-refractivity contribution is 7.98. The third-order valence-corrected chi connectivity index (χ3v) is 5.89. The minimum Gasteiger partial charge on any atom is -0.256 e. The topological polar surface area (TPSA) is 17.8 Å². The van der Waals surface area contributed by atoms with Crippen LogP contribution in [-0.4, -0.2) is 9.78 Å². The van der Waals surface area contributed by atoms with Gasteiger partial charge in [-0.2, -0.15) is 5.10 Å². The number of hydrogen-bond donors (Lipinski definition) is 0. The van der Waals surface area contributed by atoms with Crippen LogP contribution in [0.1, 0.15) is 5.56 Å². The Hall–Kier alpha value is -1.13. The molecule has 0 saturated heterocycles. The molecule has 23 heavy (non-hydrogen) atoms. The number of rotatable bonds is 4. The lowest BCUT2D eigenvalue weighted by atomic mass is 10.1. The molecule has 0 bridgehead atoms. The number of thioether (sulfide) groups is 1. The molecule has 118 valence electrons. The van der Waals surface area contributed by atoms with Crippen molar-refractivity contribution in [2.45, 2.75) is 10.6 Å². The first-order chi connectivity index (χ1) is 11.1. The van der Waals surface area contributed by atoms with E-state index < -0.39 is 0 Å². The van der Waals surface area contributed by atoms with Gasteiger partial charge in [0.15, 0.2) is 0 Å². The Morgan fingerprint density at radius 3 is 2.48 bits per heavy atom. The number of aryl methyl sites for hydroxylation is 1. The second-order valence-electron chi connectivity index (χ2n) is 4.95. The standard InChI is InChI=1S/C17H13Cl3N2S/c1-22-17(20)12(16(21-22)11-6-3-2-4-7-11)10-23-14-9-5-8-13(18)15(14)19/h2-9H,10H2,1H3. The zero-order chi connectivity index (χ0) is 16.4. The fourth-order valence-corrected chi connectivity index (χ4v) is 4.03. The van der Waals surface area contributed by atoms with Crippen LogP contribution in [0.25, 0.3) is 11.3 Å². The zero-order valence-electron chi connectivity index (χ0n) is 12.3. The van der Waals surface area contributed by atoms with Crippen LogP contribution in [0.4, 0.5) is 0 Å². The third-order valence-electron chi connectivity index (χ3n) is 3.40. The van der Waals surface area contributed by atoms with E-state index in [-0.39, 0.29) is 0 Å². The van der Waals surface area contributed by atoms with Crippen molar-refractivity contribution in [1.82, 2.24) is 9.78 Å². The van der Waals surface area contributed by atoms with Crippen LogP contribution in [0.3, 0.4) is 0 Å². The first-order valence-corrected chi connectivity index (χ1v) is 9.03. The summed E-state index contributed by atoms with van der Waals surface area (Å²) in [6, 6.07) is 15.6. The Labute approximate surface area is 154 Å². The fraction of sp³-hybridized carbons (Fsp3) is 0.118. The van der Waals surface area contributed by atoms with Crippen LogP contribution in [0.15, 0.2) is 53.4 Å². The Kier molecular flexibility index (Phi) is 5.22. The van der Waals surface area contributed by atoms with Gasteiger partial charge in [-0.3, -0.25) is 4.68 Å². The van der Waals surface area contributed by atoms with Crippen LogP contribution in [-0.2, 0) is 12.8 Å². The van der Waals surface area contributed by atoms with Crippen LogP contribution in [0.5, 0.6) is 0 Å². The van der Waals surface area contributed by atoms with Crippen molar-refractivity contribution in [2.75, 3.05) is 0 Å². The highest BCUT2D eigenvalue weighted by Crippen LogP contribution is 2.38. The Morgan fingerprint density at radius 1 is 1.00 bits per heavy atom. The van der Waals surface area contributed by atoms with E-state index in [1.54, 1.807) is 22.5 Å². The summed E-state index contributed by atoms with van der Waals surface area (Å²) in [4.78, 5) is 0.929. The number of nitrogens with zero attached hydrogens (tertiary/aromatic N) is 2. The van der Waals surface area contributed by atoms with Gasteiger partial charge < -0.3 is 0 Å². The van der Waals surface area contributed by atoms with Crippen LogP contribution < -0.4 is 0 Å². The molecule has 0 fully saturated rings. The van der Waals surface area contributed by atoms with Crippen molar-refractivity contribution in [3.05, 3.63) is 69.3 Å². The maximum absolute atomic E-state index is 6.43. The summed E-state index contributed by atoms with van der Waals surface area (Å²) in [5.41, 5.74) is 2.92. The third kappa shape index (κ3) is 3.53. The van der Waals surface area contributed by atoms with Crippen molar-refractivity contribution >= 4 is 46.6 Å². The quantitative estimate of drug-likeness (QED) is 0.489. The predicted octanol–water partition coefficient (Wildman–Crippen LogP) is 6.34. The Morgan fingerprint density at radius 2 is 1.74 bits per heavy atom. The fourth-order valence-electron chi connectivity index (χ4n) is 2.25. The van der Waals surface area contributed by atoms with Crippen molar-refractivity contribution < 1.29 is 0 Å². The number of aromatic nitrogens is 2. The molecule has 2 aromatic carbocycles. The lowest BCUT2D eigenvalue weighted by Gasteiger charge is -2.06. The van der Waals surface area contributed by atoms with E-state index in [0.29, 0.717) is 21.0 Å². The van der Waals surface area contributed by atoms with Crippen molar-refractivity contribution in [3.8, 4) is 11.3 Å². The first kappa shape index (κ1) is 16.7. The molecule has 1 heterocycles. The monoisotopic (exact) mass is 382 g/mol. The molecule has 0 unspecified atom stereocenters. The lowest BCUT2D eigenvalue weighted by Crippen LogP contribution is -1.89. The first-order valence-electron chi connectivity index (χ1n) is 6.91. The van der Waals surface area contributed by atoms with Gasteiger partial charge in [0.05, 0.1) is 15.7 Å². The number of benzene rings is 2. The maximum atomic E-state index is 6.43. The van der Waals surface area contributed by atoms with Crippen molar-refractivity contribution in [3.63, 3.8) is 0 Å². The summed E-state index contributed by atoms with van der Waals surface area (Å²) >= 11 is 20.4. The Balaban J connectivity index is 1.93. The molecule has 1 aromatic heterocycles. The van der Waals surface area contributed by atoms with Gasteiger partial charge in [-0.1, -0.05) is 71.2 Å². The maximum Gasteiger partial charge on any atom is 0.131 e. The van der Waals surface area contributed by atoms with E-state index in [0.717, 1.165) is 21.7 Å². The van der Waals surface area contributed by atoms with Crippen molar-refractivity contribution in [2.24, 2.45) is 7.05 Å². The van der Waals surface area contributed by atoms with Crippen LogP contribution >= 0.6 is 46.6 Å². The normalized spacial score (nSPS) is 11.0. The molecule has 0 aliphatic carbocycles. The van der Waals surface area contributed by atoms with E-state index in [2.05, 4.69) is 5.10 Å². The molecule has 3 rings (SSSR count). The second-order valence-corrected chi connectivity index (χ2v) is 7.11. The molecular formula is C17H13Cl3N2S. The van der Waals surface area contributed by atoms with E-state index in [9.17, 15) is 0 Å². The van der Waals surface area contributed by atoms with Gasteiger partial charge >= 0.3 is 0 Å². The highest BCUT2D eigenvalue weighted by atomic mass is 35.5. The second kappa shape index (κ2) is 7.18. The molecule has 0 radical (unpaired) electrons. The summed E-state index contributed by atoms with van der Waals surface area (Å²) in [5.74, 6) is 0.664. The molecule has 3 aromatic rings. The SMILES string of the molecule is Cn1nc(-c2ccccc2)c(CSc2cccc(Cl)c2Cl)c1Cl. The van der Waals surface area contributed by atoms with Gasteiger partial charge in [-0.15, -0.1) is 11.8 Å². The molecule has 0 amide bonds. The number of hydrogen-bond acceptors (Lipinski definition) is 2. The Bertz CT molecular complexity index is 831. The highest BCUT2D eigenvalue weighted by Gasteiger charge is 2.17. The molecule has 0 aliphatic rings. The average Bonchev–Trinajstić information content (AvgIpc) is 2.85. The molecule has 0 atom stereocenters. The molecule has 0 spiro atoms. The van der Waals surface area contributed by atoms with Gasteiger partial charge in [0.1, 0.15) is 5.15 Å². The van der Waals surface area contributed by atoms with E-state index in [4.69, 9.17) is 34.8 Å². The molecule has 0 N–H and O–H groups in total. The van der Waals surface area contributed by atoms with E-state index in [1.165, 1.54) is 0 Å². The van der Waals surface area contributed by atoms with Crippen LogP contribution in [0, 0.1) is 0 Å². The lowest BCUT2D eigenvalue weighted by molar-refractivity contribution is 0.771. The summed E-state index contributed by atoms with van der Waals surface area (Å²) in [6.45, 7) is 0. The molecule has 6 heteroatoms. The van der Waals surface area contributed by atoms with E-state index in [1.807, 2.05) is 49.5 Å². The summed E-state index contributed by atoms with van der Waals surface area (Å²) in [5, 5.41) is 6.30. The van der Waals surface area contributed by atoms with Gasteiger partial charge in [0.2, 0.25) is 0 Å². The van der Waals surface area contributed by atoms with E-state index >= 15 is 0 Å². The summed E-state index contributed by atoms with van der Waals surface area (Å²) in [7, 11) is 1.84. The smallest absolute Gasteiger partial charge is 0.131 e. The molecule has 0 saturated carbocycles. The van der Waals surface area contributed by atoms with Gasteiger partial charge in [-0.05, 0) is 12.1 Å². The van der Waals surface area contributed by atoms with Crippen LogP contribution in [0.2, 0.25) is 15.2 Å². The minimum atomic E-state index is 0.553. The number of halogens is 3. The minimum absolute atomic E-state index is 0.553. The predicted molar refractivity (Wildman–Crippen MR) is 99.7 cm³/mol. The average molecular weight is 384 g/mol. The van der Waals surface area contributed by atoms with Gasteiger partial charge in [-0.25, -0.2) is 0 Å². The van der Waals surface area contributed by atoms with Gasteiger partial charge in [0.25, 0.3) is 0 Å². The molecule has 0 aliphatic heterocycles. The summed E-state index contributed by atoms with van der Waals surface area (Å²) < 4.78 is 1.69. The molecular weight excluding hydrogens is 371 g/mol. The summed E-state index contributed by atoms with van der Waals surface area (Å²) in [6.07, 6.45) is 0.